The van der Waals surface area contributed by atoms with Crippen molar-refractivity contribution in [2.45, 2.75) is 19.4 Å². The summed E-state index contributed by atoms with van der Waals surface area (Å²) in [5, 5.41) is 7.39. The maximum atomic E-state index is 12.3. The molecule has 0 aliphatic carbocycles. The van der Waals surface area contributed by atoms with E-state index in [0.29, 0.717) is 6.54 Å². The molecule has 0 unspecified atom stereocenters. The van der Waals surface area contributed by atoms with Crippen molar-refractivity contribution in [1.82, 2.24) is 25.0 Å². The Bertz CT molecular complexity index is 1050. The van der Waals surface area contributed by atoms with Crippen LogP contribution in [0.2, 0.25) is 0 Å². The summed E-state index contributed by atoms with van der Waals surface area (Å²) in [7, 11) is 0. The fourth-order valence-electron chi connectivity index (χ4n) is 3.60. The van der Waals surface area contributed by atoms with Crippen LogP contribution >= 0.6 is 0 Å². The monoisotopic (exact) mass is 415 g/mol. The van der Waals surface area contributed by atoms with Gasteiger partial charge in [-0.2, -0.15) is 5.10 Å². The van der Waals surface area contributed by atoms with E-state index in [1.807, 2.05) is 53.3 Å². The molecule has 0 spiro atoms. The van der Waals surface area contributed by atoms with E-state index in [0.717, 1.165) is 48.3 Å². The lowest BCUT2D eigenvalue weighted by Crippen LogP contribution is -2.38. The molecular formula is C24H25N5O2. The molecule has 31 heavy (non-hydrogen) atoms. The van der Waals surface area contributed by atoms with Crippen LogP contribution in [-0.2, 0) is 16.1 Å². The van der Waals surface area contributed by atoms with Crippen molar-refractivity contribution >= 4 is 17.9 Å². The first-order valence-electron chi connectivity index (χ1n) is 10.4. The number of nitrogens with one attached hydrogen (secondary N) is 1. The number of amides is 2. The third-order valence-electron chi connectivity index (χ3n) is 5.20. The van der Waals surface area contributed by atoms with Gasteiger partial charge < -0.3 is 10.2 Å². The smallest absolute Gasteiger partial charge is 0.244 e. The number of benzene rings is 1. The van der Waals surface area contributed by atoms with Crippen molar-refractivity contribution in [1.29, 1.82) is 0 Å². The molecule has 0 saturated carbocycles. The van der Waals surface area contributed by atoms with Gasteiger partial charge in [0.2, 0.25) is 11.8 Å². The van der Waals surface area contributed by atoms with E-state index < -0.39 is 0 Å². The largest absolute Gasteiger partial charge is 0.343 e. The molecule has 1 aliphatic rings. The maximum Gasteiger partial charge on any atom is 0.244 e. The molecule has 1 saturated heterocycles. The summed E-state index contributed by atoms with van der Waals surface area (Å²) in [4.78, 5) is 30.4. The van der Waals surface area contributed by atoms with Crippen LogP contribution in [0.25, 0.3) is 17.3 Å². The molecule has 4 rings (SSSR count). The van der Waals surface area contributed by atoms with E-state index in [1.54, 1.807) is 23.4 Å². The second-order valence-electron chi connectivity index (χ2n) is 7.50. The van der Waals surface area contributed by atoms with Crippen LogP contribution in [0.4, 0.5) is 0 Å². The Hall–Kier alpha value is -3.74. The lowest BCUT2D eigenvalue weighted by molar-refractivity contribution is -0.131. The Labute approximate surface area is 181 Å². The van der Waals surface area contributed by atoms with Crippen LogP contribution in [0.3, 0.4) is 0 Å². The summed E-state index contributed by atoms with van der Waals surface area (Å²) in [5.74, 6) is -0.341. The van der Waals surface area contributed by atoms with Gasteiger partial charge in [0.1, 0.15) is 5.69 Å². The Morgan fingerprint density at radius 1 is 1.06 bits per heavy atom. The molecule has 0 bridgehead atoms. The van der Waals surface area contributed by atoms with Crippen molar-refractivity contribution in [2.75, 3.05) is 19.6 Å². The van der Waals surface area contributed by atoms with Gasteiger partial charge in [0.25, 0.3) is 0 Å². The first kappa shape index (κ1) is 20.5. The highest BCUT2D eigenvalue weighted by Gasteiger charge is 2.17. The molecule has 0 atom stereocenters. The van der Waals surface area contributed by atoms with Crippen molar-refractivity contribution in [2.24, 2.45) is 0 Å². The molecule has 3 aromatic rings. The second kappa shape index (κ2) is 9.84. The van der Waals surface area contributed by atoms with Gasteiger partial charge in [-0.05, 0) is 36.6 Å². The van der Waals surface area contributed by atoms with Crippen molar-refractivity contribution in [3.8, 4) is 11.3 Å². The summed E-state index contributed by atoms with van der Waals surface area (Å²) >= 11 is 0. The number of pyridine rings is 1. The van der Waals surface area contributed by atoms with Crippen molar-refractivity contribution in [3.05, 3.63) is 78.3 Å². The van der Waals surface area contributed by atoms with Crippen LogP contribution in [0.5, 0.6) is 0 Å². The average molecular weight is 415 g/mol. The number of hydrogen-bond acceptors (Lipinski definition) is 4. The van der Waals surface area contributed by atoms with E-state index >= 15 is 0 Å². The lowest BCUT2D eigenvalue weighted by atomic mass is 10.1. The third kappa shape index (κ3) is 5.45. The first-order chi connectivity index (χ1) is 15.2. The molecule has 2 amide bonds. The fraction of sp³-hybridized carbons (Fsp3) is 0.250. The number of likely N-dealkylation sites (tertiary alicyclic amines) is 1. The molecule has 1 aromatic carbocycles. The molecule has 1 fully saturated rings. The van der Waals surface area contributed by atoms with Gasteiger partial charge in [-0.15, -0.1) is 0 Å². The van der Waals surface area contributed by atoms with E-state index in [9.17, 15) is 9.59 Å². The van der Waals surface area contributed by atoms with E-state index in [2.05, 4.69) is 10.3 Å². The van der Waals surface area contributed by atoms with Crippen LogP contribution < -0.4 is 5.32 Å². The maximum absolute atomic E-state index is 12.3. The van der Waals surface area contributed by atoms with Gasteiger partial charge >= 0.3 is 0 Å². The van der Waals surface area contributed by atoms with E-state index in [1.165, 1.54) is 6.08 Å². The van der Waals surface area contributed by atoms with Crippen molar-refractivity contribution < 1.29 is 9.59 Å². The zero-order valence-electron chi connectivity index (χ0n) is 17.3. The molecular weight excluding hydrogens is 390 g/mol. The van der Waals surface area contributed by atoms with E-state index in [4.69, 9.17) is 5.10 Å². The second-order valence-corrected chi connectivity index (χ2v) is 7.50. The SMILES string of the molecule is O=C(/C=C/c1cn(Cc2ccccc2)nc1-c1cccnc1)NCC(=O)N1CCCC1. The number of rotatable bonds is 7. The van der Waals surface area contributed by atoms with Gasteiger partial charge in [-0.1, -0.05) is 30.3 Å². The Kier molecular flexibility index (Phi) is 6.52. The first-order valence-corrected chi connectivity index (χ1v) is 10.4. The fourth-order valence-corrected chi connectivity index (χ4v) is 3.60. The zero-order valence-corrected chi connectivity index (χ0v) is 17.3. The summed E-state index contributed by atoms with van der Waals surface area (Å²) in [6.45, 7) is 2.20. The standard InChI is InChI=1S/C24H25N5O2/c30-22(26-16-23(31)28-13-4-5-14-28)11-10-21-18-29(17-19-7-2-1-3-8-19)27-24(21)20-9-6-12-25-15-20/h1-3,6-12,15,18H,4-5,13-14,16-17H2,(H,26,30)/b11-10+. The minimum absolute atomic E-state index is 0.0197. The Balaban J connectivity index is 1.47. The highest BCUT2D eigenvalue weighted by Crippen LogP contribution is 2.23. The van der Waals surface area contributed by atoms with Gasteiger partial charge in [0.15, 0.2) is 0 Å². The molecule has 1 N–H and O–H groups in total. The average Bonchev–Trinajstić information content (AvgIpc) is 3.48. The Morgan fingerprint density at radius 2 is 1.87 bits per heavy atom. The predicted octanol–water partition coefficient (Wildman–Crippen LogP) is 2.75. The minimum Gasteiger partial charge on any atom is -0.343 e. The molecule has 7 heteroatoms. The molecule has 7 nitrogen and oxygen atoms in total. The minimum atomic E-state index is -0.305. The number of aromatic nitrogens is 3. The molecule has 3 heterocycles. The number of nitrogens with zero attached hydrogens (tertiary/aromatic N) is 4. The summed E-state index contributed by atoms with van der Waals surface area (Å²) < 4.78 is 1.85. The number of carbonyl (C=O) groups is 2. The lowest BCUT2D eigenvalue weighted by Gasteiger charge is -2.14. The quantitative estimate of drug-likeness (QED) is 0.602. The van der Waals surface area contributed by atoms with Gasteiger partial charge in [0.05, 0.1) is 13.1 Å². The molecule has 0 radical (unpaired) electrons. The molecule has 1 aliphatic heterocycles. The zero-order chi connectivity index (χ0) is 21.5. The van der Waals surface area contributed by atoms with Gasteiger partial charge in [-0.3, -0.25) is 19.3 Å². The van der Waals surface area contributed by atoms with Crippen LogP contribution in [-0.4, -0.2) is 51.1 Å². The van der Waals surface area contributed by atoms with Crippen molar-refractivity contribution in [3.63, 3.8) is 0 Å². The Morgan fingerprint density at radius 3 is 2.61 bits per heavy atom. The summed E-state index contributed by atoms with van der Waals surface area (Å²) in [5.41, 5.74) is 3.57. The highest BCUT2D eigenvalue weighted by atomic mass is 16.2. The topological polar surface area (TPSA) is 80.1 Å². The highest BCUT2D eigenvalue weighted by molar-refractivity contribution is 5.95. The van der Waals surface area contributed by atoms with E-state index in [-0.39, 0.29) is 18.4 Å². The number of hydrogen-bond donors (Lipinski definition) is 1. The third-order valence-corrected chi connectivity index (χ3v) is 5.20. The van der Waals surface area contributed by atoms with Gasteiger partial charge in [-0.25, -0.2) is 0 Å². The van der Waals surface area contributed by atoms with Crippen LogP contribution in [0.15, 0.2) is 67.1 Å². The number of carbonyl (C=O) groups excluding carboxylic acids is 2. The van der Waals surface area contributed by atoms with Crippen LogP contribution in [0.1, 0.15) is 24.0 Å². The molecule has 2 aromatic heterocycles. The predicted molar refractivity (Wildman–Crippen MR) is 119 cm³/mol. The van der Waals surface area contributed by atoms with Gasteiger partial charge in [0, 0.05) is 48.9 Å². The summed E-state index contributed by atoms with van der Waals surface area (Å²) in [6, 6.07) is 13.9. The normalized spacial score (nSPS) is 13.6. The molecule has 158 valence electrons. The summed E-state index contributed by atoms with van der Waals surface area (Å²) in [6.07, 6.45) is 10.6. The van der Waals surface area contributed by atoms with Crippen LogP contribution in [0, 0.1) is 0 Å².